The van der Waals surface area contributed by atoms with Crippen LogP contribution in [0.15, 0.2) is 18.2 Å². The summed E-state index contributed by atoms with van der Waals surface area (Å²) in [5.41, 5.74) is 8.25. The van der Waals surface area contributed by atoms with Gasteiger partial charge in [0.2, 0.25) is 5.95 Å². The van der Waals surface area contributed by atoms with E-state index in [0.29, 0.717) is 23.8 Å². The first-order valence-electron chi connectivity index (χ1n) is 7.94. The third-order valence-electron chi connectivity index (χ3n) is 4.90. The maximum atomic E-state index is 6.27. The highest BCUT2D eigenvalue weighted by Gasteiger charge is 2.31. The van der Waals surface area contributed by atoms with Gasteiger partial charge in [0.1, 0.15) is 11.3 Å². The van der Waals surface area contributed by atoms with E-state index in [4.69, 9.17) is 10.5 Å². The molecule has 2 aromatic rings. The second-order valence-electron chi connectivity index (χ2n) is 6.43. The van der Waals surface area contributed by atoms with Gasteiger partial charge in [-0.15, -0.1) is 0 Å². The summed E-state index contributed by atoms with van der Waals surface area (Å²) in [5, 5.41) is 0. The van der Waals surface area contributed by atoms with Crippen LogP contribution in [0.4, 0.5) is 5.95 Å². The normalized spacial score (nSPS) is 22.9. The number of nitrogen functional groups attached to an aromatic ring is 1. The Hall–Kier alpha value is -1.71. The van der Waals surface area contributed by atoms with Gasteiger partial charge in [-0.05, 0) is 36.8 Å². The minimum absolute atomic E-state index is 0.454. The molecule has 0 aliphatic heterocycles. The van der Waals surface area contributed by atoms with E-state index >= 15 is 0 Å². The topological polar surface area (TPSA) is 53.1 Å². The summed E-state index contributed by atoms with van der Waals surface area (Å²) in [5.74, 6) is 2.75. The molecule has 0 saturated heterocycles. The molecule has 0 amide bonds. The quantitative estimate of drug-likeness (QED) is 0.927. The lowest BCUT2D eigenvalue weighted by Crippen LogP contribution is -2.27. The van der Waals surface area contributed by atoms with Crippen LogP contribution in [-0.2, 0) is 0 Å². The molecule has 1 heterocycles. The second-order valence-corrected chi connectivity index (χ2v) is 6.43. The molecule has 2 unspecified atom stereocenters. The first-order valence-corrected chi connectivity index (χ1v) is 7.94. The molecule has 1 saturated carbocycles. The van der Waals surface area contributed by atoms with Crippen molar-refractivity contribution in [3.8, 4) is 5.75 Å². The number of hydrogen-bond acceptors (Lipinski definition) is 3. The van der Waals surface area contributed by atoms with Crippen molar-refractivity contribution in [1.29, 1.82) is 0 Å². The maximum Gasteiger partial charge on any atom is 0.201 e. The zero-order chi connectivity index (χ0) is 15.0. The Kier molecular flexibility index (Phi) is 3.79. The van der Waals surface area contributed by atoms with E-state index in [9.17, 15) is 0 Å². The summed E-state index contributed by atoms with van der Waals surface area (Å²) in [6, 6.07) is 6.52. The molecule has 2 N–H and O–H groups in total. The number of nitrogens with zero attached hydrogens (tertiary/aromatic N) is 2. The van der Waals surface area contributed by atoms with Crippen molar-refractivity contribution in [2.24, 2.45) is 11.8 Å². The zero-order valence-corrected chi connectivity index (χ0v) is 13.2. The highest BCUT2D eigenvalue weighted by Crippen LogP contribution is 2.42. The SMILES string of the molecule is COc1cccc2c1nc(N)n2C1CCCCC1C(C)C. The van der Waals surface area contributed by atoms with Crippen LogP contribution in [0.2, 0.25) is 0 Å². The molecule has 21 heavy (non-hydrogen) atoms. The van der Waals surface area contributed by atoms with E-state index in [2.05, 4.69) is 29.5 Å². The lowest BCUT2D eigenvalue weighted by atomic mass is 9.77. The Labute approximate surface area is 126 Å². The molecule has 1 aliphatic carbocycles. The van der Waals surface area contributed by atoms with Crippen molar-refractivity contribution < 1.29 is 4.74 Å². The average molecular weight is 287 g/mol. The minimum Gasteiger partial charge on any atom is -0.494 e. The van der Waals surface area contributed by atoms with Gasteiger partial charge in [0, 0.05) is 6.04 Å². The van der Waals surface area contributed by atoms with Crippen LogP contribution < -0.4 is 10.5 Å². The number of rotatable bonds is 3. The molecule has 1 aliphatic rings. The predicted molar refractivity (Wildman–Crippen MR) is 86.5 cm³/mol. The third kappa shape index (κ3) is 2.37. The van der Waals surface area contributed by atoms with Crippen molar-refractivity contribution in [3.05, 3.63) is 18.2 Å². The fourth-order valence-corrected chi connectivity index (χ4v) is 3.86. The second kappa shape index (κ2) is 5.58. The standard InChI is InChI=1S/C17H25N3O/c1-11(2)12-7-4-5-8-13(12)20-14-9-6-10-15(21-3)16(14)19-17(20)18/h6,9-13H,4-5,7-8H2,1-3H3,(H2,18,19). The van der Waals surface area contributed by atoms with Crippen LogP contribution in [-0.4, -0.2) is 16.7 Å². The van der Waals surface area contributed by atoms with Gasteiger partial charge in [-0.1, -0.05) is 32.8 Å². The lowest BCUT2D eigenvalue weighted by molar-refractivity contribution is 0.189. The fourth-order valence-electron chi connectivity index (χ4n) is 3.86. The first-order chi connectivity index (χ1) is 10.1. The van der Waals surface area contributed by atoms with Crippen molar-refractivity contribution in [1.82, 2.24) is 9.55 Å². The van der Waals surface area contributed by atoms with Gasteiger partial charge in [-0.2, -0.15) is 0 Å². The van der Waals surface area contributed by atoms with E-state index in [0.717, 1.165) is 16.8 Å². The number of ether oxygens (including phenoxy) is 1. The average Bonchev–Trinajstić information content (AvgIpc) is 2.82. The van der Waals surface area contributed by atoms with Crippen LogP contribution in [0.5, 0.6) is 5.75 Å². The molecular weight excluding hydrogens is 262 g/mol. The first kappa shape index (κ1) is 14.2. The Morgan fingerprint density at radius 1 is 1.29 bits per heavy atom. The molecule has 0 bridgehead atoms. The number of nitrogens with two attached hydrogens (primary N) is 1. The molecule has 4 nitrogen and oxygen atoms in total. The van der Waals surface area contributed by atoms with Gasteiger partial charge in [0.05, 0.1) is 12.6 Å². The molecule has 2 atom stereocenters. The van der Waals surface area contributed by atoms with Crippen molar-refractivity contribution in [2.75, 3.05) is 12.8 Å². The van der Waals surface area contributed by atoms with E-state index in [1.807, 2.05) is 12.1 Å². The molecule has 1 aromatic heterocycles. The summed E-state index contributed by atoms with van der Waals surface area (Å²) < 4.78 is 7.68. The summed E-state index contributed by atoms with van der Waals surface area (Å²) in [7, 11) is 1.68. The number of imidazole rings is 1. The van der Waals surface area contributed by atoms with Crippen LogP contribution in [0.25, 0.3) is 11.0 Å². The number of anilines is 1. The van der Waals surface area contributed by atoms with Gasteiger partial charge in [-0.25, -0.2) is 4.98 Å². The van der Waals surface area contributed by atoms with Crippen LogP contribution >= 0.6 is 0 Å². The smallest absolute Gasteiger partial charge is 0.201 e. The number of methoxy groups -OCH3 is 1. The molecule has 1 aromatic carbocycles. The molecular formula is C17H25N3O. The molecule has 3 rings (SSSR count). The van der Waals surface area contributed by atoms with Crippen molar-refractivity contribution in [3.63, 3.8) is 0 Å². The van der Waals surface area contributed by atoms with Crippen molar-refractivity contribution >= 4 is 17.0 Å². The predicted octanol–water partition coefficient (Wildman–Crippen LogP) is 4.01. The Morgan fingerprint density at radius 3 is 2.76 bits per heavy atom. The molecule has 0 spiro atoms. The Balaban J connectivity index is 2.12. The Bertz CT molecular complexity index is 632. The molecule has 1 fully saturated rings. The van der Waals surface area contributed by atoms with Gasteiger partial charge in [0.25, 0.3) is 0 Å². The molecule has 0 radical (unpaired) electrons. The summed E-state index contributed by atoms with van der Waals surface area (Å²) in [6.45, 7) is 4.64. The van der Waals surface area contributed by atoms with E-state index < -0.39 is 0 Å². The van der Waals surface area contributed by atoms with Crippen molar-refractivity contribution in [2.45, 2.75) is 45.6 Å². The van der Waals surface area contributed by atoms with Crippen LogP contribution in [0.3, 0.4) is 0 Å². The fraction of sp³-hybridized carbons (Fsp3) is 0.588. The van der Waals surface area contributed by atoms with Crippen LogP contribution in [0.1, 0.15) is 45.6 Å². The maximum absolute atomic E-state index is 6.27. The zero-order valence-electron chi connectivity index (χ0n) is 13.2. The number of para-hydroxylation sites is 1. The highest BCUT2D eigenvalue weighted by molar-refractivity contribution is 5.84. The highest BCUT2D eigenvalue weighted by atomic mass is 16.5. The molecule has 4 heteroatoms. The van der Waals surface area contributed by atoms with E-state index in [-0.39, 0.29) is 0 Å². The number of benzene rings is 1. The third-order valence-corrected chi connectivity index (χ3v) is 4.90. The van der Waals surface area contributed by atoms with Gasteiger partial charge in [-0.3, -0.25) is 0 Å². The number of hydrogen-bond donors (Lipinski definition) is 1. The van der Waals surface area contributed by atoms with E-state index in [1.165, 1.54) is 25.7 Å². The molecule has 114 valence electrons. The van der Waals surface area contributed by atoms with Gasteiger partial charge in [0.15, 0.2) is 0 Å². The van der Waals surface area contributed by atoms with Gasteiger partial charge >= 0.3 is 0 Å². The van der Waals surface area contributed by atoms with Crippen LogP contribution in [0, 0.1) is 11.8 Å². The lowest BCUT2D eigenvalue weighted by Gasteiger charge is -2.36. The monoisotopic (exact) mass is 287 g/mol. The summed E-state index contributed by atoms with van der Waals surface area (Å²) in [6.07, 6.45) is 5.08. The van der Waals surface area contributed by atoms with E-state index in [1.54, 1.807) is 7.11 Å². The minimum atomic E-state index is 0.454. The number of fused-ring (bicyclic) bond motifs is 1. The summed E-state index contributed by atoms with van der Waals surface area (Å²) >= 11 is 0. The van der Waals surface area contributed by atoms with Gasteiger partial charge < -0.3 is 15.0 Å². The number of aromatic nitrogens is 2. The Morgan fingerprint density at radius 2 is 2.05 bits per heavy atom. The summed E-state index contributed by atoms with van der Waals surface area (Å²) in [4.78, 5) is 4.57. The largest absolute Gasteiger partial charge is 0.494 e.